The molecule has 1 N–H and O–H groups in total. The van der Waals surface area contributed by atoms with Gasteiger partial charge in [-0.2, -0.15) is 14.9 Å². The van der Waals surface area contributed by atoms with Crippen LogP contribution in [0.4, 0.5) is 13.2 Å². The zero-order valence-corrected chi connectivity index (χ0v) is 18.5. The lowest BCUT2D eigenvalue weighted by atomic mass is 9.99. The van der Waals surface area contributed by atoms with Crippen molar-refractivity contribution in [3.8, 4) is 17.3 Å². The van der Waals surface area contributed by atoms with E-state index in [0.717, 1.165) is 18.0 Å². The number of alkyl halides is 3. The van der Waals surface area contributed by atoms with Gasteiger partial charge in [0.25, 0.3) is 5.89 Å². The minimum absolute atomic E-state index is 0.189. The number of nitrogens with zero attached hydrogens (tertiary/aromatic N) is 8. The number of imidazole rings is 1. The second-order valence-electron chi connectivity index (χ2n) is 7.92. The molecule has 184 valence electrons. The minimum Gasteiger partial charge on any atom is -0.494 e. The molecule has 1 aliphatic heterocycles. The van der Waals surface area contributed by atoms with E-state index in [2.05, 4.69) is 30.4 Å². The van der Waals surface area contributed by atoms with Crippen molar-refractivity contribution in [2.75, 3.05) is 13.7 Å². The number of hydrogen-bond acceptors (Lipinski definition) is 8. The molecular formula is C21H16F3N9O3. The average Bonchev–Trinajstić information content (AvgIpc) is 3.66. The number of H-pyrrole nitrogens is 1. The predicted octanol–water partition coefficient (Wildman–Crippen LogP) is 2.58. The zero-order chi connectivity index (χ0) is 25.0. The van der Waals surface area contributed by atoms with Gasteiger partial charge < -0.3 is 19.0 Å². The van der Waals surface area contributed by atoms with Gasteiger partial charge in [0.2, 0.25) is 0 Å². The highest BCUT2D eigenvalue weighted by Gasteiger charge is 2.38. The van der Waals surface area contributed by atoms with Crippen LogP contribution in [0.15, 0.2) is 47.4 Å². The molecule has 15 heteroatoms. The van der Waals surface area contributed by atoms with Crippen molar-refractivity contribution >= 4 is 11.4 Å². The maximum Gasteiger partial charge on any atom is 0.504 e. The molecule has 0 radical (unpaired) electrons. The number of halogens is 3. The lowest BCUT2D eigenvalue weighted by molar-refractivity contribution is -0.212. The molecule has 0 bridgehead atoms. The number of pyridine rings is 1. The first kappa shape index (κ1) is 21.8. The maximum atomic E-state index is 13.5. The number of carbonyl (C=O) groups is 1. The molecule has 5 aromatic heterocycles. The highest BCUT2D eigenvalue weighted by molar-refractivity contribution is 5.90. The van der Waals surface area contributed by atoms with Crippen LogP contribution in [0, 0.1) is 0 Å². The van der Waals surface area contributed by atoms with E-state index in [-0.39, 0.29) is 22.8 Å². The zero-order valence-electron chi connectivity index (χ0n) is 18.5. The summed E-state index contributed by atoms with van der Waals surface area (Å²) < 4.78 is 50.9. The van der Waals surface area contributed by atoms with Crippen molar-refractivity contribution in [3.05, 3.63) is 66.0 Å². The number of fused-ring (bicyclic) bond motifs is 2. The first-order chi connectivity index (χ1) is 17.3. The summed E-state index contributed by atoms with van der Waals surface area (Å²) in [6.07, 6.45) is -0.185. The minimum atomic E-state index is -4.70. The van der Waals surface area contributed by atoms with Crippen LogP contribution in [0.5, 0.6) is 5.75 Å². The van der Waals surface area contributed by atoms with Crippen LogP contribution < -0.4 is 4.74 Å². The normalized spacial score (nSPS) is 15.9. The number of ether oxygens (including phenoxy) is 1. The number of amides is 1. The molecule has 5 aromatic rings. The molecule has 0 aromatic carbocycles. The summed E-state index contributed by atoms with van der Waals surface area (Å²) >= 11 is 0. The number of methoxy groups -OCH3 is 1. The highest BCUT2D eigenvalue weighted by atomic mass is 19.4. The number of nitrogens with one attached hydrogen (secondary N) is 1. The second kappa shape index (κ2) is 7.93. The Morgan fingerprint density at radius 2 is 2.08 bits per heavy atom. The van der Waals surface area contributed by atoms with Crippen LogP contribution in [0.2, 0.25) is 0 Å². The van der Waals surface area contributed by atoms with Crippen molar-refractivity contribution < 1.29 is 27.1 Å². The molecule has 36 heavy (non-hydrogen) atoms. The van der Waals surface area contributed by atoms with Crippen LogP contribution in [-0.2, 0) is 12.7 Å². The van der Waals surface area contributed by atoms with E-state index in [1.807, 2.05) is 0 Å². The number of aromatic amines is 1. The fourth-order valence-electron chi connectivity index (χ4n) is 4.22. The standard InChI is InChI=1S/C21H16F3N9O3/c1-35-15-3-2-6-32-14(15)9-13(29-32)17-16-11(25-10-26-16)4-7-31(17)20(34)19-28-27-18(36-19)12-5-8-33(30-12)21(22,23)24/h2-3,5-6,8-10,17H,4,7H2,1H3,(H,25,26)/t17-/m0/s1. The lowest BCUT2D eigenvalue weighted by Crippen LogP contribution is -2.41. The van der Waals surface area contributed by atoms with Crippen LogP contribution >= 0.6 is 0 Å². The second-order valence-corrected chi connectivity index (χ2v) is 7.92. The SMILES string of the molecule is COc1cccn2nc([C@H]3c4nc[nH]c4CCN3C(=O)c3nnc(-c4ccn(C(F)(F)F)n4)o3)cc12. The third-order valence-corrected chi connectivity index (χ3v) is 5.84. The van der Waals surface area contributed by atoms with Crippen LogP contribution in [0.25, 0.3) is 17.1 Å². The molecule has 0 saturated heterocycles. The van der Waals surface area contributed by atoms with E-state index < -0.39 is 24.1 Å². The van der Waals surface area contributed by atoms with Crippen molar-refractivity contribution in [3.63, 3.8) is 0 Å². The summed E-state index contributed by atoms with van der Waals surface area (Å²) in [7, 11) is 1.55. The van der Waals surface area contributed by atoms with Gasteiger partial charge in [-0.3, -0.25) is 4.79 Å². The van der Waals surface area contributed by atoms with Gasteiger partial charge in [-0.25, -0.2) is 9.50 Å². The Balaban J connectivity index is 1.37. The Labute approximate surface area is 199 Å². The molecule has 12 nitrogen and oxygen atoms in total. The van der Waals surface area contributed by atoms with E-state index >= 15 is 0 Å². The van der Waals surface area contributed by atoms with Gasteiger partial charge >= 0.3 is 18.1 Å². The smallest absolute Gasteiger partial charge is 0.494 e. The Bertz CT molecular complexity index is 1580. The predicted molar refractivity (Wildman–Crippen MR) is 114 cm³/mol. The van der Waals surface area contributed by atoms with Crippen molar-refractivity contribution in [2.45, 2.75) is 18.8 Å². The fraction of sp³-hybridized carbons (Fsp3) is 0.238. The number of rotatable bonds is 4. The Morgan fingerprint density at radius 1 is 1.22 bits per heavy atom. The van der Waals surface area contributed by atoms with Gasteiger partial charge in [0.05, 0.1) is 24.8 Å². The van der Waals surface area contributed by atoms with Gasteiger partial charge in [0.1, 0.15) is 23.0 Å². The number of carbonyl (C=O) groups excluding carboxylic acids is 1. The maximum absolute atomic E-state index is 13.5. The molecular weight excluding hydrogens is 483 g/mol. The Hall–Kier alpha value is -4.69. The summed E-state index contributed by atoms with van der Waals surface area (Å²) in [5, 5.41) is 15.5. The number of aromatic nitrogens is 8. The molecule has 1 amide bonds. The van der Waals surface area contributed by atoms with Gasteiger partial charge in [-0.15, -0.1) is 23.4 Å². The van der Waals surface area contributed by atoms with E-state index in [1.165, 1.54) is 4.90 Å². The first-order valence-electron chi connectivity index (χ1n) is 10.7. The third kappa shape index (κ3) is 3.47. The highest BCUT2D eigenvalue weighted by Crippen LogP contribution is 2.35. The Morgan fingerprint density at radius 3 is 2.86 bits per heavy atom. The van der Waals surface area contributed by atoms with Gasteiger partial charge in [0, 0.05) is 31.1 Å². The summed E-state index contributed by atoms with van der Waals surface area (Å²) in [4.78, 5) is 22.5. The van der Waals surface area contributed by atoms with Gasteiger partial charge in [0.15, 0.2) is 0 Å². The van der Waals surface area contributed by atoms with Crippen molar-refractivity contribution in [2.24, 2.45) is 0 Å². The third-order valence-electron chi connectivity index (χ3n) is 5.84. The lowest BCUT2D eigenvalue weighted by Gasteiger charge is -2.32. The van der Waals surface area contributed by atoms with Crippen LogP contribution in [0.3, 0.4) is 0 Å². The van der Waals surface area contributed by atoms with Gasteiger partial charge in [-0.1, -0.05) is 0 Å². The number of hydrogen-bond donors (Lipinski definition) is 1. The Kier molecular flexibility index (Phi) is 4.80. The summed E-state index contributed by atoms with van der Waals surface area (Å²) in [6.45, 7) is 0.282. The van der Waals surface area contributed by atoms with Crippen molar-refractivity contribution in [1.82, 2.24) is 44.5 Å². The average molecular weight is 499 g/mol. The monoisotopic (exact) mass is 499 g/mol. The summed E-state index contributed by atoms with van der Waals surface area (Å²) in [5.74, 6) is -0.719. The van der Waals surface area contributed by atoms with E-state index in [9.17, 15) is 18.0 Å². The van der Waals surface area contributed by atoms with Crippen molar-refractivity contribution in [1.29, 1.82) is 0 Å². The molecule has 6 heterocycles. The molecule has 0 unspecified atom stereocenters. The quantitative estimate of drug-likeness (QED) is 0.399. The summed E-state index contributed by atoms with van der Waals surface area (Å²) in [5.41, 5.74) is 2.49. The molecule has 1 aliphatic rings. The van der Waals surface area contributed by atoms with E-state index in [1.54, 1.807) is 42.3 Å². The molecule has 0 fully saturated rings. The first-order valence-corrected chi connectivity index (χ1v) is 10.7. The molecule has 6 rings (SSSR count). The summed E-state index contributed by atoms with van der Waals surface area (Å²) in [6, 6.07) is 5.77. The largest absolute Gasteiger partial charge is 0.504 e. The van der Waals surface area contributed by atoms with Crippen LogP contribution in [-0.4, -0.2) is 64.0 Å². The van der Waals surface area contributed by atoms with E-state index in [4.69, 9.17) is 9.15 Å². The molecule has 1 atom stereocenters. The molecule has 0 saturated carbocycles. The van der Waals surface area contributed by atoms with Gasteiger partial charge in [-0.05, 0) is 24.3 Å². The molecule has 0 spiro atoms. The van der Waals surface area contributed by atoms with E-state index in [0.29, 0.717) is 29.1 Å². The molecule has 0 aliphatic carbocycles. The topological polar surface area (TPSA) is 132 Å². The van der Waals surface area contributed by atoms with Crippen LogP contribution in [0.1, 0.15) is 33.8 Å². The fourth-order valence-corrected chi connectivity index (χ4v) is 4.22.